The van der Waals surface area contributed by atoms with E-state index in [0.29, 0.717) is 34.7 Å². The van der Waals surface area contributed by atoms with E-state index in [-0.39, 0.29) is 36.5 Å². The molecule has 0 bridgehead atoms. The molecule has 4 rings (SSSR count). The fraction of sp³-hybridized carbons (Fsp3) is 0.318. The summed E-state index contributed by atoms with van der Waals surface area (Å²) in [7, 11) is 0. The Balaban J connectivity index is 1.30. The van der Waals surface area contributed by atoms with E-state index in [2.05, 4.69) is 20.6 Å². The van der Waals surface area contributed by atoms with Gasteiger partial charge in [-0.15, -0.1) is 22.7 Å². The second-order valence-electron chi connectivity index (χ2n) is 7.25. The lowest BCUT2D eigenvalue weighted by molar-refractivity contribution is -0.145. The summed E-state index contributed by atoms with van der Waals surface area (Å²) in [6, 6.07) is 9.45. The first kappa shape index (κ1) is 22.1. The van der Waals surface area contributed by atoms with E-state index in [9.17, 15) is 14.4 Å². The molecule has 3 aromatic rings. The molecule has 2 aromatic heterocycles. The second-order valence-corrected chi connectivity index (χ2v) is 9.19. The van der Waals surface area contributed by atoms with Crippen LogP contribution < -0.4 is 10.6 Å². The number of benzene rings is 1. The molecule has 2 heterocycles. The second kappa shape index (κ2) is 10.0. The maximum atomic E-state index is 12.4. The molecule has 0 unspecified atom stereocenters. The highest BCUT2D eigenvalue weighted by Crippen LogP contribution is 2.39. The third-order valence-corrected chi connectivity index (χ3v) is 6.74. The van der Waals surface area contributed by atoms with Gasteiger partial charge < -0.3 is 15.4 Å². The van der Waals surface area contributed by atoms with Crippen molar-refractivity contribution in [3.05, 3.63) is 57.5 Å². The van der Waals surface area contributed by atoms with E-state index in [1.165, 1.54) is 22.7 Å². The zero-order chi connectivity index (χ0) is 22.5. The molecule has 2 N–H and O–H groups in total. The molecule has 1 aromatic carbocycles. The summed E-state index contributed by atoms with van der Waals surface area (Å²) in [6.07, 6.45) is 1.78. The van der Waals surface area contributed by atoms with Crippen LogP contribution in [0.2, 0.25) is 0 Å². The van der Waals surface area contributed by atoms with Crippen molar-refractivity contribution in [3.63, 3.8) is 0 Å². The number of amides is 2. The van der Waals surface area contributed by atoms with Gasteiger partial charge in [-0.25, -0.2) is 9.97 Å². The molecule has 32 heavy (non-hydrogen) atoms. The first-order chi connectivity index (χ1) is 15.5. The Hall–Kier alpha value is -3.11. The SMILES string of the molecule is CCOC(=O)[C@H]1CCc2sc(NC(=O)Cc3csc(NC(=O)Cc4ccccc4)n3)nc21. The van der Waals surface area contributed by atoms with Gasteiger partial charge in [-0.1, -0.05) is 30.3 Å². The largest absolute Gasteiger partial charge is 0.465 e. The predicted octanol–water partition coefficient (Wildman–Crippen LogP) is 3.55. The number of hydrogen-bond donors (Lipinski definition) is 2. The van der Waals surface area contributed by atoms with Gasteiger partial charge in [0.05, 0.1) is 30.8 Å². The number of aromatic nitrogens is 2. The Morgan fingerprint density at radius 1 is 1.06 bits per heavy atom. The zero-order valence-electron chi connectivity index (χ0n) is 17.4. The predicted molar refractivity (Wildman–Crippen MR) is 123 cm³/mol. The summed E-state index contributed by atoms with van der Waals surface area (Å²) in [6.45, 7) is 2.11. The Kier molecular flexibility index (Phi) is 6.91. The van der Waals surface area contributed by atoms with Crippen LogP contribution in [0.15, 0.2) is 35.7 Å². The smallest absolute Gasteiger partial charge is 0.315 e. The molecule has 0 spiro atoms. The summed E-state index contributed by atoms with van der Waals surface area (Å²) >= 11 is 2.67. The van der Waals surface area contributed by atoms with Gasteiger partial charge >= 0.3 is 5.97 Å². The number of esters is 1. The van der Waals surface area contributed by atoms with Crippen LogP contribution in [0.5, 0.6) is 0 Å². The van der Waals surface area contributed by atoms with Crippen LogP contribution in [0.25, 0.3) is 0 Å². The van der Waals surface area contributed by atoms with E-state index in [0.717, 1.165) is 16.9 Å². The van der Waals surface area contributed by atoms with Gasteiger partial charge in [-0.2, -0.15) is 0 Å². The van der Waals surface area contributed by atoms with Gasteiger partial charge in [0, 0.05) is 10.3 Å². The maximum absolute atomic E-state index is 12.4. The van der Waals surface area contributed by atoms with Gasteiger partial charge in [-0.3, -0.25) is 14.4 Å². The minimum absolute atomic E-state index is 0.0661. The van der Waals surface area contributed by atoms with Crippen molar-refractivity contribution in [2.45, 2.75) is 38.5 Å². The lowest BCUT2D eigenvalue weighted by Gasteiger charge is -2.07. The van der Waals surface area contributed by atoms with E-state index >= 15 is 0 Å². The number of carbonyl (C=O) groups excluding carboxylic acids is 3. The number of rotatable bonds is 8. The highest BCUT2D eigenvalue weighted by Gasteiger charge is 2.33. The van der Waals surface area contributed by atoms with Crippen molar-refractivity contribution in [1.29, 1.82) is 0 Å². The fourth-order valence-corrected chi connectivity index (χ4v) is 5.25. The molecule has 10 heteroatoms. The maximum Gasteiger partial charge on any atom is 0.315 e. The third kappa shape index (κ3) is 5.38. The average molecular weight is 471 g/mol. The molecule has 0 saturated carbocycles. The van der Waals surface area contributed by atoms with E-state index < -0.39 is 0 Å². The van der Waals surface area contributed by atoms with Crippen molar-refractivity contribution in [1.82, 2.24) is 9.97 Å². The molecule has 166 valence electrons. The van der Waals surface area contributed by atoms with Crippen LogP contribution in [0.1, 0.15) is 41.1 Å². The van der Waals surface area contributed by atoms with Crippen LogP contribution in [0.3, 0.4) is 0 Å². The normalized spacial score (nSPS) is 14.6. The van der Waals surface area contributed by atoms with Crippen molar-refractivity contribution in [2.24, 2.45) is 0 Å². The topological polar surface area (TPSA) is 110 Å². The van der Waals surface area contributed by atoms with E-state index in [4.69, 9.17) is 4.74 Å². The molecule has 1 aliphatic carbocycles. The van der Waals surface area contributed by atoms with Crippen LogP contribution in [0, 0.1) is 0 Å². The molecule has 0 saturated heterocycles. The third-order valence-electron chi connectivity index (χ3n) is 4.88. The highest BCUT2D eigenvalue weighted by atomic mass is 32.1. The highest BCUT2D eigenvalue weighted by molar-refractivity contribution is 7.16. The van der Waals surface area contributed by atoms with Gasteiger partial charge in [-0.05, 0) is 25.3 Å². The Labute approximate surface area is 193 Å². The Morgan fingerprint density at radius 3 is 2.59 bits per heavy atom. The summed E-state index contributed by atoms with van der Waals surface area (Å²) in [5.74, 6) is -1.03. The minimum atomic E-state index is -0.354. The molecule has 0 aliphatic heterocycles. The number of nitrogens with zero attached hydrogens (tertiary/aromatic N) is 2. The summed E-state index contributed by atoms with van der Waals surface area (Å²) in [4.78, 5) is 46.5. The van der Waals surface area contributed by atoms with E-state index in [1.54, 1.807) is 12.3 Å². The fourth-order valence-electron chi connectivity index (χ4n) is 3.47. The Bertz CT molecular complexity index is 1130. The van der Waals surface area contributed by atoms with Gasteiger partial charge in [0.15, 0.2) is 10.3 Å². The number of aryl methyl sites for hydroxylation is 1. The molecule has 0 fully saturated rings. The van der Waals surface area contributed by atoms with Crippen molar-refractivity contribution in [3.8, 4) is 0 Å². The molecule has 8 nitrogen and oxygen atoms in total. The zero-order valence-corrected chi connectivity index (χ0v) is 19.1. The summed E-state index contributed by atoms with van der Waals surface area (Å²) in [5, 5.41) is 8.23. The van der Waals surface area contributed by atoms with Gasteiger partial charge in [0.25, 0.3) is 0 Å². The first-order valence-corrected chi connectivity index (χ1v) is 12.0. The number of nitrogens with one attached hydrogen (secondary N) is 2. The van der Waals surface area contributed by atoms with Gasteiger partial charge in [0.2, 0.25) is 11.8 Å². The molecular weight excluding hydrogens is 448 g/mol. The number of hydrogen-bond acceptors (Lipinski definition) is 8. The van der Waals surface area contributed by atoms with E-state index in [1.807, 2.05) is 30.3 Å². The summed E-state index contributed by atoms with van der Waals surface area (Å²) < 4.78 is 5.12. The molecule has 0 radical (unpaired) electrons. The number of anilines is 2. The monoisotopic (exact) mass is 470 g/mol. The lowest BCUT2D eigenvalue weighted by Crippen LogP contribution is -2.16. The molecule has 1 atom stereocenters. The molecular formula is C22H22N4O4S2. The van der Waals surface area contributed by atoms with Crippen molar-refractivity contribution < 1.29 is 19.1 Å². The lowest BCUT2D eigenvalue weighted by atomic mass is 10.1. The van der Waals surface area contributed by atoms with Crippen LogP contribution in [-0.2, 0) is 38.4 Å². The number of fused-ring (bicyclic) bond motifs is 1. The number of carbonyl (C=O) groups is 3. The standard InChI is InChI=1S/C22H22N4O4S2/c1-2-30-20(29)15-8-9-16-19(15)26-22(32-16)25-18(28)11-14-12-31-21(23-14)24-17(27)10-13-6-4-3-5-7-13/h3-7,12,15H,2,8-11H2,1H3,(H,23,24,27)(H,25,26,28)/t15-/m0/s1. The van der Waals surface area contributed by atoms with Crippen LogP contribution >= 0.6 is 22.7 Å². The molecule has 2 amide bonds. The Morgan fingerprint density at radius 2 is 1.81 bits per heavy atom. The minimum Gasteiger partial charge on any atom is -0.465 e. The van der Waals surface area contributed by atoms with Gasteiger partial charge in [0.1, 0.15) is 5.92 Å². The quantitative estimate of drug-likeness (QED) is 0.487. The average Bonchev–Trinajstić information content (AvgIpc) is 3.45. The van der Waals surface area contributed by atoms with Crippen LogP contribution in [-0.4, -0.2) is 34.4 Å². The van der Waals surface area contributed by atoms with Crippen molar-refractivity contribution in [2.75, 3.05) is 17.2 Å². The summed E-state index contributed by atoms with van der Waals surface area (Å²) in [5.41, 5.74) is 2.19. The van der Waals surface area contributed by atoms with Crippen molar-refractivity contribution >= 4 is 50.7 Å². The molecule has 1 aliphatic rings. The number of thiazole rings is 2. The van der Waals surface area contributed by atoms with Crippen LogP contribution in [0.4, 0.5) is 10.3 Å². The number of ether oxygens (including phenoxy) is 1. The first-order valence-electron chi connectivity index (χ1n) is 10.3.